The summed E-state index contributed by atoms with van der Waals surface area (Å²) in [4.78, 5) is 38.7. The molecule has 2 fully saturated rings. The molecule has 2 aromatic rings. The fraction of sp³-hybridized carbons (Fsp3) is 0.458. The second kappa shape index (κ2) is 9.37. The number of benzene rings is 1. The van der Waals surface area contributed by atoms with Crippen molar-refractivity contribution in [2.24, 2.45) is 0 Å². The highest BCUT2D eigenvalue weighted by atomic mass is 16.3. The van der Waals surface area contributed by atoms with Crippen molar-refractivity contribution in [3.63, 3.8) is 0 Å². The minimum absolute atomic E-state index is 0.0107. The lowest BCUT2D eigenvalue weighted by Gasteiger charge is -2.31. The molecule has 0 saturated carbocycles. The van der Waals surface area contributed by atoms with Gasteiger partial charge in [-0.3, -0.25) is 14.4 Å². The van der Waals surface area contributed by atoms with Crippen LogP contribution in [0.15, 0.2) is 53.1 Å². The molecule has 2 aliphatic heterocycles. The average Bonchev–Trinajstić information content (AvgIpc) is 3.50. The van der Waals surface area contributed by atoms with E-state index >= 15 is 0 Å². The number of carbonyl (C=O) groups excluding carboxylic acids is 3. The van der Waals surface area contributed by atoms with Crippen LogP contribution in [0.1, 0.15) is 49.8 Å². The van der Waals surface area contributed by atoms with Crippen LogP contribution in [-0.2, 0) is 27.3 Å². The minimum atomic E-state index is -0.454. The van der Waals surface area contributed by atoms with Crippen LogP contribution in [0, 0.1) is 0 Å². The van der Waals surface area contributed by atoms with Gasteiger partial charge in [0.05, 0.1) is 6.26 Å². The van der Waals surface area contributed by atoms with Crippen molar-refractivity contribution in [2.75, 3.05) is 6.54 Å². The predicted molar refractivity (Wildman–Crippen MR) is 115 cm³/mol. The zero-order valence-corrected chi connectivity index (χ0v) is 17.6. The Bertz CT molecular complexity index is 912. The van der Waals surface area contributed by atoms with Crippen LogP contribution in [0.4, 0.5) is 0 Å². The standard InChI is InChI=1S/C24H29N3O4/c28-21-9-8-19(25-21)17-27(16-18-5-2-1-3-6-18)23(30)11-13-24(12-10-22(29)26-24)15-20-7-4-14-31-20/h1-7,14,19H,8-13,15-17H2,(H,25,28)(H,26,29)/t19-,24?/m0/s1. The fourth-order valence-corrected chi connectivity index (χ4v) is 4.57. The molecule has 0 radical (unpaired) electrons. The number of carbonyl (C=O) groups is 3. The Kier molecular flexibility index (Phi) is 6.39. The molecule has 2 N–H and O–H groups in total. The van der Waals surface area contributed by atoms with Gasteiger partial charge in [-0.05, 0) is 37.0 Å². The van der Waals surface area contributed by atoms with Crippen LogP contribution < -0.4 is 10.6 Å². The molecular weight excluding hydrogens is 394 g/mol. The van der Waals surface area contributed by atoms with Crippen molar-refractivity contribution < 1.29 is 18.8 Å². The lowest BCUT2D eigenvalue weighted by molar-refractivity contribution is -0.133. The quantitative estimate of drug-likeness (QED) is 0.648. The molecule has 0 aliphatic carbocycles. The molecule has 1 unspecified atom stereocenters. The maximum absolute atomic E-state index is 13.3. The summed E-state index contributed by atoms with van der Waals surface area (Å²) in [5.74, 6) is 0.909. The highest BCUT2D eigenvalue weighted by Crippen LogP contribution is 2.30. The van der Waals surface area contributed by atoms with Crippen molar-refractivity contribution in [2.45, 2.75) is 63.1 Å². The topological polar surface area (TPSA) is 91.7 Å². The second-order valence-corrected chi connectivity index (χ2v) is 8.65. The molecule has 164 valence electrons. The van der Waals surface area contributed by atoms with E-state index in [0.29, 0.717) is 51.6 Å². The molecule has 0 bridgehead atoms. The number of hydrogen-bond donors (Lipinski definition) is 2. The molecule has 0 spiro atoms. The summed E-state index contributed by atoms with van der Waals surface area (Å²) >= 11 is 0. The summed E-state index contributed by atoms with van der Waals surface area (Å²) in [5.41, 5.74) is 0.601. The number of nitrogens with zero attached hydrogens (tertiary/aromatic N) is 1. The molecule has 7 heteroatoms. The Morgan fingerprint density at radius 2 is 1.94 bits per heavy atom. The first kappa shape index (κ1) is 21.2. The molecule has 3 heterocycles. The summed E-state index contributed by atoms with van der Waals surface area (Å²) in [7, 11) is 0. The number of amides is 3. The zero-order valence-electron chi connectivity index (χ0n) is 17.6. The van der Waals surface area contributed by atoms with E-state index in [-0.39, 0.29) is 23.8 Å². The molecule has 1 aromatic carbocycles. The van der Waals surface area contributed by atoms with Gasteiger partial charge in [0.1, 0.15) is 5.76 Å². The van der Waals surface area contributed by atoms with Gasteiger partial charge in [0.2, 0.25) is 17.7 Å². The SMILES string of the molecule is O=C1CC[C@@H](CN(Cc2ccccc2)C(=O)CCC2(Cc3ccco3)CCC(=O)N2)N1. The van der Waals surface area contributed by atoms with E-state index in [1.54, 1.807) is 6.26 Å². The highest BCUT2D eigenvalue weighted by Gasteiger charge is 2.39. The van der Waals surface area contributed by atoms with Crippen molar-refractivity contribution >= 4 is 17.7 Å². The maximum Gasteiger partial charge on any atom is 0.223 e. The van der Waals surface area contributed by atoms with Gasteiger partial charge < -0.3 is 20.0 Å². The first-order valence-electron chi connectivity index (χ1n) is 11.0. The van der Waals surface area contributed by atoms with Crippen molar-refractivity contribution in [1.29, 1.82) is 0 Å². The van der Waals surface area contributed by atoms with Crippen molar-refractivity contribution in [3.05, 3.63) is 60.1 Å². The third kappa shape index (κ3) is 5.54. The molecule has 2 aliphatic rings. The molecule has 1 aromatic heterocycles. The summed E-state index contributed by atoms with van der Waals surface area (Å²) in [6.07, 6.45) is 5.51. The lowest BCUT2D eigenvalue weighted by atomic mass is 9.87. The zero-order chi connectivity index (χ0) is 21.7. The Labute approximate surface area is 182 Å². The summed E-state index contributed by atoms with van der Waals surface area (Å²) in [6.45, 7) is 1.00. The second-order valence-electron chi connectivity index (χ2n) is 8.65. The number of hydrogen-bond acceptors (Lipinski definition) is 4. The van der Waals surface area contributed by atoms with E-state index in [4.69, 9.17) is 4.42 Å². The summed E-state index contributed by atoms with van der Waals surface area (Å²) < 4.78 is 5.50. The number of nitrogens with one attached hydrogen (secondary N) is 2. The molecule has 31 heavy (non-hydrogen) atoms. The Morgan fingerprint density at radius 3 is 2.58 bits per heavy atom. The van der Waals surface area contributed by atoms with Crippen LogP contribution >= 0.6 is 0 Å². The van der Waals surface area contributed by atoms with E-state index in [0.717, 1.165) is 17.7 Å². The third-order valence-corrected chi connectivity index (χ3v) is 6.24. The smallest absolute Gasteiger partial charge is 0.223 e. The Balaban J connectivity index is 1.43. The van der Waals surface area contributed by atoms with Crippen LogP contribution in [-0.4, -0.2) is 40.7 Å². The lowest BCUT2D eigenvalue weighted by Crippen LogP contribution is -2.46. The summed E-state index contributed by atoms with van der Waals surface area (Å²) in [6, 6.07) is 13.6. The first-order valence-corrected chi connectivity index (χ1v) is 11.0. The van der Waals surface area contributed by atoms with E-state index in [1.807, 2.05) is 47.4 Å². The van der Waals surface area contributed by atoms with E-state index in [1.165, 1.54) is 0 Å². The Morgan fingerprint density at radius 1 is 1.10 bits per heavy atom. The fourth-order valence-electron chi connectivity index (χ4n) is 4.57. The molecule has 7 nitrogen and oxygen atoms in total. The molecule has 2 saturated heterocycles. The average molecular weight is 424 g/mol. The molecule has 3 amide bonds. The summed E-state index contributed by atoms with van der Waals surface area (Å²) in [5, 5.41) is 6.06. The van der Waals surface area contributed by atoms with Crippen LogP contribution in [0.25, 0.3) is 0 Å². The normalized spacial score (nSPS) is 22.9. The number of furan rings is 1. The van der Waals surface area contributed by atoms with Crippen LogP contribution in [0.5, 0.6) is 0 Å². The van der Waals surface area contributed by atoms with Crippen LogP contribution in [0.3, 0.4) is 0 Å². The van der Waals surface area contributed by atoms with Gasteiger partial charge in [0.25, 0.3) is 0 Å². The van der Waals surface area contributed by atoms with E-state index < -0.39 is 5.54 Å². The van der Waals surface area contributed by atoms with Gasteiger partial charge in [0.15, 0.2) is 0 Å². The van der Waals surface area contributed by atoms with Gasteiger partial charge in [-0.15, -0.1) is 0 Å². The van der Waals surface area contributed by atoms with Gasteiger partial charge in [-0.25, -0.2) is 0 Å². The monoisotopic (exact) mass is 423 g/mol. The van der Waals surface area contributed by atoms with Gasteiger partial charge in [-0.1, -0.05) is 30.3 Å². The van der Waals surface area contributed by atoms with E-state index in [9.17, 15) is 14.4 Å². The minimum Gasteiger partial charge on any atom is -0.469 e. The largest absolute Gasteiger partial charge is 0.469 e. The maximum atomic E-state index is 13.3. The molecular formula is C24H29N3O4. The highest BCUT2D eigenvalue weighted by molar-refractivity contribution is 5.81. The molecule has 2 atom stereocenters. The Hall–Kier alpha value is -3.09. The number of rotatable bonds is 9. The van der Waals surface area contributed by atoms with Crippen molar-refractivity contribution in [1.82, 2.24) is 15.5 Å². The van der Waals surface area contributed by atoms with Gasteiger partial charge in [0, 0.05) is 50.4 Å². The molecule has 4 rings (SSSR count). The first-order chi connectivity index (χ1) is 15.0. The van der Waals surface area contributed by atoms with Crippen LogP contribution in [0.2, 0.25) is 0 Å². The third-order valence-electron chi connectivity index (χ3n) is 6.24. The van der Waals surface area contributed by atoms with Gasteiger partial charge >= 0.3 is 0 Å². The van der Waals surface area contributed by atoms with Gasteiger partial charge in [-0.2, -0.15) is 0 Å². The van der Waals surface area contributed by atoms with Crippen molar-refractivity contribution in [3.8, 4) is 0 Å². The van der Waals surface area contributed by atoms with E-state index in [2.05, 4.69) is 10.6 Å². The predicted octanol–water partition coefficient (Wildman–Crippen LogP) is 2.56.